The molecular formula is C12H18BNO2. The van der Waals surface area contributed by atoms with Gasteiger partial charge in [-0.05, 0) is 52.1 Å². The number of aromatic nitrogens is 1. The minimum atomic E-state index is -2.64. The van der Waals surface area contributed by atoms with E-state index in [0.717, 1.165) is 0 Å². The molecule has 3 nitrogen and oxygen atoms in total. The predicted octanol–water partition coefficient (Wildman–Crippen LogP) is 1.69. The van der Waals surface area contributed by atoms with E-state index in [4.69, 9.17) is 17.5 Å². The van der Waals surface area contributed by atoms with Crippen molar-refractivity contribution in [3.8, 4) is 0 Å². The van der Waals surface area contributed by atoms with Crippen molar-refractivity contribution < 1.29 is 17.5 Å². The average Bonchev–Trinajstić information content (AvgIpc) is 2.51. The maximum absolute atomic E-state index is 8.08. The molecule has 4 heteroatoms. The summed E-state index contributed by atoms with van der Waals surface area (Å²) in [6.07, 6.45) is -0.508. The first-order valence-electron chi connectivity index (χ1n) is 8.12. The molecule has 86 valence electrons. The van der Waals surface area contributed by atoms with Gasteiger partial charge in [-0.2, -0.15) is 0 Å². The Labute approximate surface area is 106 Å². The van der Waals surface area contributed by atoms with Crippen molar-refractivity contribution in [3.05, 3.63) is 24.0 Å². The Bertz CT molecular complexity index is 601. The second kappa shape index (κ2) is 3.57. The zero-order valence-electron chi connectivity index (χ0n) is 15.8. The van der Waals surface area contributed by atoms with Crippen molar-refractivity contribution in [2.75, 3.05) is 0 Å². The number of hydrogen-bond donors (Lipinski definition) is 0. The van der Waals surface area contributed by atoms with Crippen LogP contribution in [0.15, 0.2) is 18.3 Å². The first kappa shape index (κ1) is 6.17. The molecule has 0 aliphatic carbocycles. The molecule has 0 N–H and O–H groups in total. The highest BCUT2D eigenvalue weighted by molar-refractivity contribution is 6.62. The first-order valence-corrected chi connectivity index (χ1v) is 5.12. The zero-order chi connectivity index (χ0) is 17.1. The summed E-state index contributed by atoms with van der Waals surface area (Å²) in [6, 6.07) is -0.781. The Morgan fingerprint density at radius 1 is 1.31 bits per heavy atom. The molecule has 0 saturated carbocycles. The summed E-state index contributed by atoms with van der Waals surface area (Å²) in [5.74, 6) is 0. The summed E-state index contributed by atoms with van der Waals surface area (Å²) >= 11 is 0. The molecule has 1 aromatic heterocycles. The van der Waals surface area contributed by atoms with Crippen LogP contribution in [0.1, 0.15) is 41.6 Å². The van der Waals surface area contributed by atoms with Crippen LogP contribution in [0, 0.1) is 6.85 Å². The van der Waals surface area contributed by atoms with E-state index in [1.54, 1.807) is 0 Å². The van der Waals surface area contributed by atoms with E-state index in [-0.39, 0.29) is 11.5 Å². The third kappa shape index (κ3) is 1.87. The van der Waals surface area contributed by atoms with Crippen LogP contribution >= 0.6 is 0 Å². The molecule has 1 aliphatic heterocycles. The van der Waals surface area contributed by atoms with Gasteiger partial charge in [0.05, 0.1) is 15.3 Å². The average molecular weight is 225 g/mol. The molecule has 0 radical (unpaired) electrons. The Balaban J connectivity index is 2.60. The van der Waals surface area contributed by atoms with Gasteiger partial charge in [0.15, 0.2) is 0 Å². The van der Waals surface area contributed by atoms with Gasteiger partial charge >= 0.3 is 7.12 Å². The molecule has 1 aromatic rings. The van der Waals surface area contributed by atoms with Crippen LogP contribution in [0.3, 0.4) is 0 Å². The van der Waals surface area contributed by atoms with Crippen LogP contribution < -0.4 is 5.46 Å². The molecule has 0 aromatic carbocycles. The van der Waals surface area contributed by atoms with Crippen LogP contribution in [-0.4, -0.2) is 23.3 Å². The Morgan fingerprint density at radius 2 is 1.94 bits per heavy atom. The van der Waals surface area contributed by atoms with Gasteiger partial charge in [-0.25, -0.2) is 0 Å². The maximum atomic E-state index is 8.08. The lowest BCUT2D eigenvalue weighted by molar-refractivity contribution is 0.00578. The summed E-state index contributed by atoms with van der Waals surface area (Å²) < 4.78 is 57.6. The molecule has 1 saturated heterocycles. The monoisotopic (exact) mass is 225 g/mol. The third-order valence-corrected chi connectivity index (χ3v) is 3.10. The van der Waals surface area contributed by atoms with Crippen molar-refractivity contribution >= 4 is 12.6 Å². The number of aryl methyl sites for hydroxylation is 1. The highest BCUT2D eigenvalue weighted by Crippen LogP contribution is 2.36. The highest BCUT2D eigenvalue weighted by atomic mass is 16.7. The quantitative estimate of drug-likeness (QED) is 0.681. The van der Waals surface area contributed by atoms with Gasteiger partial charge in [-0.3, -0.25) is 4.98 Å². The van der Waals surface area contributed by atoms with Crippen LogP contribution in [0.2, 0.25) is 0 Å². The summed E-state index contributed by atoms with van der Waals surface area (Å²) in [4.78, 5) is 3.57. The van der Waals surface area contributed by atoms with Crippen molar-refractivity contribution in [1.29, 1.82) is 0 Å². The fraction of sp³-hybridized carbons (Fsp3) is 0.583. The van der Waals surface area contributed by atoms with E-state index in [1.165, 1.54) is 0 Å². The van der Waals surface area contributed by atoms with Crippen molar-refractivity contribution in [2.24, 2.45) is 0 Å². The normalized spacial score (nSPS) is 28.6. The van der Waals surface area contributed by atoms with E-state index in [0.29, 0.717) is 0 Å². The van der Waals surface area contributed by atoms with E-state index in [1.807, 2.05) is 27.7 Å². The first-order chi connectivity index (χ1) is 9.78. The Kier molecular flexibility index (Phi) is 1.38. The van der Waals surface area contributed by atoms with Crippen molar-refractivity contribution in [1.82, 2.24) is 4.98 Å². The molecule has 0 atom stereocenters. The fourth-order valence-corrected chi connectivity index (χ4v) is 1.41. The molecule has 1 aliphatic rings. The van der Waals surface area contributed by atoms with Gasteiger partial charge in [0.2, 0.25) is 0 Å². The molecular weight excluding hydrogens is 201 g/mol. The summed E-state index contributed by atoms with van der Waals surface area (Å²) in [5.41, 5.74) is -1.97. The van der Waals surface area contributed by atoms with Gasteiger partial charge in [0, 0.05) is 16.0 Å². The second-order valence-corrected chi connectivity index (χ2v) is 4.82. The lowest BCUT2D eigenvalue weighted by Gasteiger charge is -2.32. The van der Waals surface area contributed by atoms with Gasteiger partial charge in [0.1, 0.15) is 0 Å². The van der Waals surface area contributed by atoms with Crippen LogP contribution in [0.25, 0.3) is 0 Å². The highest BCUT2D eigenvalue weighted by Gasteiger charge is 2.51. The van der Waals surface area contributed by atoms with E-state index < -0.39 is 43.1 Å². The third-order valence-electron chi connectivity index (χ3n) is 3.10. The molecule has 16 heavy (non-hydrogen) atoms. The SMILES string of the molecule is [2H]c1nc(C([2H])([2H])[2H])c([2H])c(B2OC(C)(C)C(C)(C)O2)c1[2H]. The predicted molar refractivity (Wildman–Crippen MR) is 64.7 cm³/mol. The standard InChI is InChI=1S/C12H18BNO2/c1-9-8-10(6-7-14-9)13-15-11(2,3)12(4,5)16-13/h6-8H,1-5H3/i1D3,6D,7D,8D. The van der Waals surface area contributed by atoms with Crippen LogP contribution in [0.5, 0.6) is 0 Å². The molecule has 0 amide bonds. The molecule has 0 spiro atoms. The maximum Gasteiger partial charge on any atom is 0.494 e. The zero-order valence-corrected chi connectivity index (χ0v) is 9.84. The van der Waals surface area contributed by atoms with E-state index in [2.05, 4.69) is 4.98 Å². The summed E-state index contributed by atoms with van der Waals surface area (Å²) in [6.45, 7) is 4.61. The number of nitrogens with zero attached hydrogens (tertiary/aromatic N) is 1. The number of hydrogen-bond acceptors (Lipinski definition) is 3. The lowest BCUT2D eigenvalue weighted by Crippen LogP contribution is -2.41. The lowest BCUT2D eigenvalue weighted by atomic mass is 9.79. The van der Waals surface area contributed by atoms with Crippen molar-refractivity contribution in [2.45, 2.75) is 45.7 Å². The molecule has 0 bridgehead atoms. The largest absolute Gasteiger partial charge is 0.494 e. The molecule has 2 rings (SSSR count). The minimum Gasteiger partial charge on any atom is -0.399 e. The number of rotatable bonds is 1. The number of pyridine rings is 1. The van der Waals surface area contributed by atoms with Crippen molar-refractivity contribution in [3.63, 3.8) is 0 Å². The summed E-state index contributed by atoms with van der Waals surface area (Å²) in [5, 5.41) is 0. The van der Waals surface area contributed by atoms with Crippen LogP contribution in [-0.2, 0) is 9.31 Å². The molecule has 2 heterocycles. The molecule has 1 fully saturated rings. The topological polar surface area (TPSA) is 31.4 Å². The minimum absolute atomic E-state index is 0.0650. The summed E-state index contributed by atoms with van der Waals surface area (Å²) in [7, 11) is -1.07. The van der Waals surface area contributed by atoms with Gasteiger partial charge in [-0.15, -0.1) is 0 Å². The Hall–Kier alpha value is -0.865. The van der Waals surface area contributed by atoms with E-state index >= 15 is 0 Å². The van der Waals surface area contributed by atoms with Gasteiger partial charge in [0.25, 0.3) is 0 Å². The second-order valence-electron chi connectivity index (χ2n) is 4.82. The fourth-order valence-electron chi connectivity index (χ4n) is 1.41. The van der Waals surface area contributed by atoms with Crippen LogP contribution in [0.4, 0.5) is 0 Å². The van der Waals surface area contributed by atoms with Gasteiger partial charge < -0.3 is 9.31 Å². The van der Waals surface area contributed by atoms with Gasteiger partial charge in [-0.1, -0.05) is 0 Å². The smallest absolute Gasteiger partial charge is 0.399 e. The van der Waals surface area contributed by atoms with E-state index in [9.17, 15) is 0 Å². The molecule has 0 unspecified atom stereocenters. The Morgan fingerprint density at radius 3 is 2.50 bits per heavy atom.